The maximum absolute atomic E-state index is 15.3. The van der Waals surface area contributed by atoms with Crippen LogP contribution in [-0.2, 0) is 0 Å². The SMILES string of the molecule is C[Si+](C)C.Fc1cc([B-](c2cc(F)c(F)c(F)c2F)(c2cc(F)c(F)c(F)c2F)c2cc(F)c(F)c(F)c2F)c(F)c(F)c1F. The Morgan fingerprint density at radius 1 is 0.311 bits per heavy atom. The van der Waals surface area contributed by atoms with Crippen LogP contribution in [0.4, 0.5) is 70.2 Å². The Balaban J connectivity index is 0.00000130. The summed E-state index contributed by atoms with van der Waals surface area (Å²) < 4.78 is 232. The molecule has 4 aromatic rings. The van der Waals surface area contributed by atoms with Gasteiger partial charge in [0.25, 0.3) is 0 Å². The second-order valence-electron chi connectivity index (χ2n) is 9.92. The Hall–Kier alpha value is -3.96. The Bertz CT molecular complexity index is 1560. The van der Waals surface area contributed by atoms with Crippen LogP contribution >= 0.6 is 0 Å². The van der Waals surface area contributed by atoms with Crippen LogP contribution in [0.5, 0.6) is 0 Å². The van der Waals surface area contributed by atoms with Gasteiger partial charge in [-0.2, -0.15) is 21.9 Å². The molecular weight excluding hydrogens is 667 g/mol. The molecule has 0 saturated carbocycles. The molecule has 0 heterocycles. The first-order valence-electron chi connectivity index (χ1n) is 12.0. The van der Waals surface area contributed by atoms with Crippen molar-refractivity contribution < 1.29 is 70.2 Å². The molecule has 0 spiro atoms. The minimum absolute atomic E-state index is 0.120. The van der Waals surface area contributed by atoms with Crippen LogP contribution in [0.1, 0.15) is 0 Å². The second kappa shape index (κ2) is 12.8. The highest BCUT2D eigenvalue weighted by Gasteiger charge is 2.45. The number of halogens is 16. The van der Waals surface area contributed by atoms with Crippen LogP contribution in [0, 0.1) is 93.1 Å². The average Bonchev–Trinajstić information content (AvgIpc) is 2.98. The molecule has 240 valence electrons. The van der Waals surface area contributed by atoms with Crippen LogP contribution < -0.4 is 21.9 Å². The van der Waals surface area contributed by atoms with E-state index < -0.39 is 145 Å². The zero-order valence-electron chi connectivity index (χ0n) is 22.4. The van der Waals surface area contributed by atoms with Crippen LogP contribution in [0.2, 0.25) is 19.6 Å². The quantitative estimate of drug-likeness (QED) is 0.0980. The molecule has 4 aromatic carbocycles. The molecule has 0 aliphatic heterocycles. The lowest BCUT2D eigenvalue weighted by Crippen LogP contribution is -2.78. The molecule has 0 aromatic heterocycles. The van der Waals surface area contributed by atoms with Gasteiger partial charge in [0.05, 0.1) is 19.6 Å². The van der Waals surface area contributed by atoms with E-state index in [0.717, 1.165) is 0 Å². The van der Waals surface area contributed by atoms with Crippen molar-refractivity contribution in [2.75, 3.05) is 0 Å². The summed E-state index contributed by atoms with van der Waals surface area (Å²) in [7, 11) is 0.120. The van der Waals surface area contributed by atoms with E-state index >= 15 is 17.6 Å². The van der Waals surface area contributed by atoms with Gasteiger partial charge in [0.2, 0.25) is 0 Å². The van der Waals surface area contributed by atoms with Crippen molar-refractivity contribution in [2.45, 2.75) is 19.6 Å². The summed E-state index contributed by atoms with van der Waals surface area (Å²) >= 11 is 0. The molecule has 0 saturated heterocycles. The monoisotopic (exact) mass is 680 g/mol. The first-order chi connectivity index (χ1) is 20.7. The zero-order valence-corrected chi connectivity index (χ0v) is 23.4. The van der Waals surface area contributed by atoms with Gasteiger partial charge in [-0.15, -0.1) is 0 Å². The smallest absolute Gasteiger partial charge is 0.207 e. The van der Waals surface area contributed by atoms with Crippen molar-refractivity contribution in [3.63, 3.8) is 0 Å². The molecule has 0 fully saturated rings. The van der Waals surface area contributed by atoms with Crippen molar-refractivity contribution in [2.24, 2.45) is 0 Å². The number of hydrogen-bond acceptors (Lipinski definition) is 0. The maximum Gasteiger partial charge on any atom is 0.304 e. The standard InChI is InChI=1S/C24H4BF16.C3H9Si/c26-9-1-5(13(30)21(38)17(9)34)25(6-2-10(27)18(35)22(39)14(6)31,7-3-11(28)19(36)23(40)15(7)32)8-4-12(29)20(37)24(41)16(8)33;1-4(2)3/h1-4H;1-3H3/q-1;+1. The van der Waals surface area contributed by atoms with Crippen molar-refractivity contribution in [1.29, 1.82) is 0 Å². The highest BCUT2D eigenvalue weighted by Crippen LogP contribution is 2.26. The van der Waals surface area contributed by atoms with Gasteiger partial charge in [0.15, 0.2) is 69.8 Å². The Labute approximate surface area is 244 Å². The van der Waals surface area contributed by atoms with Crippen LogP contribution in [-0.4, -0.2) is 14.9 Å². The van der Waals surface area contributed by atoms with Crippen LogP contribution in [0.25, 0.3) is 0 Å². The van der Waals surface area contributed by atoms with Crippen molar-refractivity contribution in [3.8, 4) is 0 Å². The zero-order chi connectivity index (χ0) is 34.5. The van der Waals surface area contributed by atoms with Crippen molar-refractivity contribution in [1.82, 2.24) is 0 Å². The lowest BCUT2D eigenvalue weighted by atomic mass is 9.12. The lowest BCUT2D eigenvalue weighted by molar-refractivity contribution is 0.408. The van der Waals surface area contributed by atoms with Crippen molar-refractivity contribution >= 4 is 36.8 Å². The van der Waals surface area contributed by atoms with Gasteiger partial charge in [-0.25, -0.2) is 70.2 Å². The molecule has 0 atom stereocenters. The Morgan fingerprint density at radius 3 is 0.622 bits per heavy atom. The third-order valence-electron chi connectivity index (χ3n) is 6.39. The molecule has 0 amide bonds. The highest BCUT2D eigenvalue weighted by molar-refractivity contribution is 7.20. The Kier molecular flexibility index (Phi) is 10.1. The van der Waals surface area contributed by atoms with E-state index in [1.165, 1.54) is 0 Å². The normalized spacial score (nSPS) is 11.4. The minimum Gasteiger partial charge on any atom is -0.207 e. The lowest BCUT2D eigenvalue weighted by Gasteiger charge is -2.44. The molecule has 0 aliphatic rings. The molecule has 18 heteroatoms. The minimum atomic E-state index is -5.62. The first kappa shape index (κ1) is 35.5. The summed E-state index contributed by atoms with van der Waals surface area (Å²) in [5.41, 5.74) is -9.06. The molecule has 0 bridgehead atoms. The van der Waals surface area contributed by atoms with Gasteiger partial charge >= 0.3 is 8.80 Å². The average molecular weight is 680 g/mol. The molecule has 0 radical (unpaired) electrons. The van der Waals surface area contributed by atoms with Gasteiger partial charge < -0.3 is 0 Å². The summed E-state index contributed by atoms with van der Waals surface area (Å²) in [4.78, 5) is 0. The number of hydrogen-bond donors (Lipinski definition) is 0. The molecule has 0 N–H and O–H groups in total. The molecule has 0 nitrogen and oxygen atoms in total. The summed E-state index contributed by atoms with van der Waals surface area (Å²) in [6.07, 6.45) is -5.62. The topological polar surface area (TPSA) is 0 Å². The van der Waals surface area contributed by atoms with Gasteiger partial charge in [0.1, 0.15) is 29.4 Å². The van der Waals surface area contributed by atoms with Gasteiger partial charge in [-0.05, 0) is 0 Å². The largest absolute Gasteiger partial charge is 0.304 e. The van der Waals surface area contributed by atoms with E-state index in [0.29, 0.717) is 0 Å². The highest BCUT2D eigenvalue weighted by atomic mass is 28.3. The summed E-state index contributed by atoms with van der Waals surface area (Å²) in [5.74, 6) is -44.3. The molecule has 45 heavy (non-hydrogen) atoms. The predicted molar refractivity (Wildman–Crippen MR) is 133 cm³/mol. The molecule has 0 aliphatic carbocycles. The Morgan fingerprint density at radius 2 is 0.467 bits per heavy atom. The van der Waals surface area contributed by atoms with E-state index in [1.54, 1.807) is 0 Å². The molecular formula is C27H13BF16Si. The summed E-state index contributed by atoms with van der Waals surface area (Å²) in [6.45, 7) is 6.81. The third-order valence-corrected chi connectivity index (χ3v) is 6.39. The summed E-state index contributed by atoms with van der Waals surface area (Å²) in [6, 6.07) is -2.49. The molecule has 0 unspecified atom stereocenters. The second-order valence-corrected chi connectivity index (χ2v) is 12.9. The number of benzene rings is 4. The van der Waals surface area contributed by atoms with Gasteiger partial charge in [-0.3, -0.25) is 0 Å². The van der Waals surface area contributed by atoms with E-state index in [2.05, 4.69) is 19.6 Å². The fourth-order valence-electron chi connectivity index (χ4n) is 4.63. The van der Waals surface area contributed by atoms with Crippen LogP contribution in [0.15, 0.2) is 24.3 Å². The van der Waals surface area contributed by atoms with E-state index in [1.807, 2.05) is 0 Å². The first-order valence-corrected chi connectivity index (χ1v) is 15.0. The van der Waals surface area contributed by atoms with Crippen molar-refractivity contribution in [3.05, 3.63) is 117 Å². The summed E-state index contributed by atoms with van der Waals surface area (Å²) in [5, 5.41) is 0. The molecule has 4 rings (SSSR count). The van der Waals surface area contributed by atoms with Gasteiger partial charge in [0, 0.05) is 0 Å². The fraction of sp³-hybridized carbons (Fsp3) is 0.111. The number of rotatable bonds is 4. The van der Waals surface area contributed by atoms with E-state index in [-0.39, 0.29) is 8.80 Å². The third kappa shape index (κ3) is 5.79. The van der Waals surface area contributed by atoms with Gasteiger partial charge in [-0.1, -0.05) is 24.3 Å². The van der Waals surface area contributed by atoms with E-state index in [9.17, 15) is 52.7 Å². The maximum atomic E-state index is 15.3. The van der Waals surface area contributed by atoms with Crippen LogP contribution in [0.3, 0.4) is 0 Å². The van der Waals surface area contributed by atoms with E-state index in [4.69, 9.17) is 0 Å². The fourth-order valence-corrected chi connectivity index (χ4v) is 4.63. The predicted octanol–water partition coefficient (Wildman–Crippen LogP) is 6.66.